The van der Waals surface area contributed by atoms with Crippen LogP contribution in [0.3, 0.4) is 0 Å². The molecule has 0 saturated carbocycles. The lowest BCUT2D eigenvalue weighted by atomic mass is 10.4. The van der Waals surface area contributed by atoms with Crippen LogP contribution in [0.15, 0.2) is 5.57 Å². The molecule has 1 radical (unpaired) electrons. The van der Waals surface area contributed by atoms with Gasteiger partial charge in [-0.15, -0.1) is 0 Å². The van der Waals surface area contributed by atoms with Crippen molar-refractivity contribution in [2.24, 2.45) is 0 Å². The van der Waals surface area contributed by atoms with Crippen molar-refractivity contribution in [1.82, 2.24) is 0 Å². The number of hydrogen-bond acceptors (Lipinski definition) is 2. The second-order valence-electron chi connectivity index (χ2n) is 1.01. The van der Waals surface area contributed by atoms with E-state index in [4.69, 9.17) is 0 Å². The van der Waals surface area contributed by atoms with Crippen LogP contribution in [-0.4, -0.2) is 11.0 Å². The molecular weight excluding hydrogens is 112 g/mol. The zero-order valence-electron chi connectivity index (χ0n) is 3.72. The summed E-state index contributed by atoms with van der Waals surface area (Å²) in [4.78, 5) is 9.65. The molecular formula is C4H3O2S. The largest absolute Gasteiger partial charge is 0.390 e. The molecule has 0 spiro atoms. The van der Waals surface area contributed by atoms with Gasteiger partial charge in [0.2, 0.25) is 0 Å². The van der Waals surface area contributed by atoms with Gasteiger partial charge in [0.15, 0.2) is 0 Å². The lowest BCUT2D eigenvalue weighted by Gasteiger charge is -1.74. The Labute approximate surface area is 46.5 Å². The van der Waals surface area contributed by atoms with Gasteiger partial charge >= 0.3 is 5.97 Å². The highest BCUT2D eigenvalue weighted by Crippen LogP contribution is 1.82. The Bertz CT molecular complexity index is 133. The summed E-state index contributed by atoms with van der Waals surface area (Å²) < 4.78 is 0. The fraction of sp³-hybridized carbons (Fsp3) is 0.250. The maximum absolute atomic E-state index is 9.65. The molecule has 0 fully saturated rings. The molecule has 0 aromatic rings. The van der Waals surface area contributed by atoms with Gasteiger partial charge in [0, 0.05) is 0 Å². The van der Waals surface area contributed by atoms with E-state index in [0.29, 0.717) is 0 Å². The summed E-state index contributed by atoms with van der Waals surface area (Å²) in [5.74, 6) is -1.25. The van der Waals surface area contributed by atoms with Gasteiger partial charge in [0.05, 0.1) is 5.57 Å². The SMILES string of the molecule is CC(=C=S)C([O])=O. The average Bonchev–Trinajstić information content (AvgIpc) is 1.65. The minimum Gasteiger partial charge on any atom is -0.241 e. The van der Waals surface area contributed by atoms with Crippen LogP contribution >= 0.6 is 12.2 Å². The van der Waals surface area contributed by atoms with Crippen molar-refractivity contribution >= 4 is 23.2 Å². The summed E-state index contributed by atoms with van der Waals surface area (Å²) >= 11 is 4.14. The van der Waals surface area contributed by atoms with Crippen molar-refractivity contribution in [2.45, 2.75) is 6.92 Å². The second-order valence-corrected chi connectivity index (χ2v) is 1.22. The van der Waals surface area contributed by atoms with Crippen molar-refractivity contribution in [3.05, 3.63) is 5.57 Å². The fourth-order valence-electron chi connectivity index (χ4n) is 0.0417. The highest BCUT2D eigenvalue weighted by atomic mass is 32.1. The Kier molecular flexibility index (Phi) is 2.27. The monoisotopic (exact) mass is 115 g/mol. The second kappa shape index (κ2) is 2.50. The molecule has 0 rings (SSSR count). The molecule has 0 aliphatic carbocycles. The van der Waals surface area contributed by atoms with Gasteiger partial charge in [0.1, 0.15) is 0 Å². The Hall–Kier alpha value is -0.660. The van der Waals surface area contributed by atoms with Crippen LogP contribution < -0.4 is 0 Å². The number of carbonyl (C=O) groups excluding carboxylic acids is 1. The third-order valence-electron chi connectivity index (χ3n) is 0.459. The number of carbonyl (C=O) groups is 1. The topological polar surface area (TPSA) is 37.0 Å². The van der Waals surface area contributed by atoms with Crippen LogP contribution in [-0.2, 0) is 9.90 Å². The van der Waals surface area contributed by atoms with Gasteiger partial charge in [0.25, 0.3) is 0 Å². The predicted molar refractivity (Wildman–Crippen MR) is 27.5 cm³/mol. The third kappa shape index (κ3) is 2.09. The molecule has 0 unspecified atom stereocenters. The molecule has 0 N–H and O–H groups in total. The number of hydrogen-bond donors (Lipinski definition) is 0. The molecule has 0 aromatic carbocycles. The van der Waals surface area contributed by atoms with E-state index in [-0.39, 0.29) is 5.57 Å². The van der Waals surface area contributed by atoms with E-state index >= 15 is 0 Å². The van der Waals surface area contributed by atoms with E-state index in [1.165, 1.54) is 6.92 Å². The van der Waals surface area contributed by atoms with Crippen LogP contribution in [0.2, 0.25) is 0 Å². The molecule has 2 nitrogen and oxygen atoms in total. The Balaban J connectivity index is 4.10. The van der Waals surface area contributed by atoms with E-state index in [9.17, 15) is 9.90 Å². The van der Waals surface area contributed by atoms with Crippen LogP contribution in [0.4, 0.5) is 0 Å². The van der Waals surface area contributed by atoms with Crippen molar-refractivity contribution in [1.29, 1.82) is 0 Å². The molecule has 0 heterocycles. The molecule has 0 saturated heterocycles. The van der Waals surface area contributed by atoms with Crippen molar-refractivity contribution in [3.8, 4) is 0 Å². The molecule has 3 heteroatoms. The van der Waals surface area contributed by atoms with E-state index in [1.54, 1.807) is 0 Å². The highest BCUT2D eigenvalue weighted by Gasteiger charge is 1.98. The first-order valence-corrected chi connectivity index (χ1v) is 2.02. The lowest BCUT2D eigenvalue weighted by Crippen LogP contribution is -1.92. The third-order valence-corrected chi connectivity index (χ3v) is 0.765. The lowest BCUT2D eigenvalue weighted by molar-refractivity contribution is -0.138. The highest BCUT2D eigenvalue weighted by molar-refractivity contribution is 7.78. The van der Waals surface area contributed by atoms with E-state index < -0.39 is 5.97 Å². The van der Waals surface area contributed by atoms with Crippen LogP contribution in [0, 0.1) is 0 Å². The molecule has 0 atom stereocenters. The molecule has 0 amide bonds. The zero-order valence-corrected chi connectivity index (χ0v) is 4.54. The van der Waals surface area contributed by atoms with Crippen LogP contribution in [0.5, 0.6) is 0 Å². The predicted octanol–water partition coefficient (Wildman–Crippen LogP) is 0.488. The Morgan fingerprint density at radius 1 is 1.71 bits per heavy atom. The van der Waals surface area contributed by atoms with Crippen LogP contribution in [0.25, 0.3) is 0 Å². The maximum atomic E-state index is 9.65. The summed E-state index contributed by atoms with van der Waals surface area (Å²) in [5.41, 5.74) is -0.0324. The smallest absolute Gasteiger partial charge is 0.241 e. The number of rotatable bonds is 1. The van der Waals surface area contributed by atoms with Gasteiger partial charge in [-0.05, 0) is 24.2 Å². The summed E-state index contributed by atoms with van der Waals surface area (Å²) in [6, 6.07) is 0. The molecule has 0 aliphatic heterocycles. The Morgan fingerprint density at radius 3 is 2.14 bits per heavy atom. The first-order chi connectivity index (χ1) is 3.18. The van der Waals surface area contributed by atoms with Gasteiger partial charge < -0.3 is 0 Å². The quantitative estimate of drug-likeness (QED) is 0.368. The molecule has 0 aromatic heterocycles. The van der Waals surface area contributed by atoms with Crippen molar-refractivity contribution in [2.75, 3.05) is 0 Å². The number of thiocarbonyl (C=S) groups is 1. The standard InChI is InChI=1S/C4H3O2S/c1-3(2-7)4(5)6/h1H3. The summed E-state index contributed by atoms with van der Waals surface area (Å²) in [7, 11) is 0. The first-order valence-electron chi connectivity index (χ1n) is 1.61. The van der Waals surface area contributed by atoms with E-state index in [1.807, 2.05) is 5.02 Å². The maximum Gasteiger partial charge on any atom is 0.390 e. The zero-order chi connectivity index (χ0) is 5.86. The van der Waals surface area contributed by atoms with Crippen molar-refractivity contribution in [3.63, 3.8) is 0 Å². The minimum absolute atomic E-state index is 0.0324. The van der Waals surface area contributed by atoms with Crippen LogP contribution in [0.1, 0.15) is 6.92 Å². The van der Waals surface area contributed by atoms with Gasteiger partial charge in [-0.3, -0.25) is 0 Å². The minimum atomic E-state index is -1.25. The summed E-state index contributed by atoms with van der Waals surface area (Å²) in [5, 5.41) is 11.7. The average molecular weight is 115 g/mol. The van der Waals surface area contributed by atoms with E-state index in [2.05, 4.69) is 12.2 Å². The normalized spacial score (nSPS) is 7.00. The van der Waals surface area contributed by atoms with Gasteiger partial charge in [-0.25, -0.2) is 9.90 Å². The summed E-state index contributed by atoms with van der Waals surface area (Å²) in [6.07, 6.45) is 0. The van der Waals surface area contributed by atoms with E-state index in [0.717, 1.165) is 0 Å². The molecule has 7 heavy (non-hydrogen) atoms. The Morgan fingerprint density at radius 2 is 2.14 bits per heavy atom. The molecule has 0 aliphatic rings. The fourth-order valence-corrected chi connectivity index (χ4v) is 0.125. The van der Waals surface area contributed by atoms with Gasteiger partial charge in [-0.2, -0.15) is 0 Å². The molecule has 37 valence electrons. The summed E-state index contributed by atoms with van der Waals surface area (Å²) in [6.45, 7) is 1.34. The first kappa shape index (κ1) is 6.34. The van der Waals surface area contributed by atoms with Gasteiger partial charge in [-0.1, -0.05) is 0 Å². The molecule has 0 bridgehead atoms. The van der Waals surface area contributed by atoms with Crippen molar-refractivity contribution < 1.29 is 9.90 Å².